The molecule has 0 atom stereocenters. The van der Waals surface area contributed by atoms with Gasteiger partial charge in [0.1, 0.15) is 0 Å². The molecule has 0 unspecified atom stereocenters. The SMILES string of the molecule is CC1=Nc2ccccc2/C1=C(/C)c1c(C)[nH]c2ccccc12. The fourth-order valence-corrected chi connectivity index (χ4v) is 3.57. The van der Waals surface area contributed by atoms with Gasteiger partial charge in [0, 0.05) is 39.0 Å². The number of aromatic nitrogens is 1. The van der Waals surface area contributed by atoms with Crippen LogP contribution in [0.1, 0.15) is 30.7 Å². The summed E-state index contributed by atoms with van der Waals surface area (Å²) >= 11 is 0. The second kappa shape index (κ2) is 4.70. The largest absolute Gasteiger partial charge is 0.358 e. The van der Waals surface area contributed by atoms with Crippen LogP contribution in [-0.2, 0) is 0 Å². The Bertz CT molecular complexity index is 955. The third-order valence-electron chi connectivity index (χ3n) is 4.47. The zero-order chi connectivity index (χ0) is 15.3. The summed E-state index contributed by atoms with van der Waals surface area (Å²) in [5.41, 5.74) is 9.68. The van der Waals surface area contributed by atoms with Crippen LogP contribution in [0.2, 0.25) is 0 Å². The summed E-state index contributed by atoms with van der Waals surface area (Å²) in [6, 6.07) is 16.9. The lowest BCUT2D eigenvalue weighted by atomic mass is 9.92. The van der Waals surface area contributed by atoms with E-state index in [4.69, 9.17) is 4.99 Å². The highest BCUT2D eigenvalue weighted by atomic mass is 14.8. The average molecular weight is 286 g/mol. The highest BCUT2D eigenvalue weighted by Gasteiger charge is 2.22. The number of hydrogen-bond donors (Lipinski definition) is 1. The van der Waals surface area contributed by atoms with E-state index in [1.807, 2.05) is 6.07 Å². The Morgan fingerprint density at radius 3 is 2.55 bits per heavy atom. The number of nitrogens with one attached hydrogen (secondary N) is 1. The molecular formula is C20H18N2. The molecule has 3 aromatic rings. The quantitative estimate of drug-likeness (QED) is 0.610. The summed E-state index contributed by atoms with van der Waals surface area (Å²) in [5, 5.41) is 1.28. The predicted molar refractivity (Wildman–Crippen MR) is 94.7 cm³/mol. The molecule has 22 heavy (non-hydrogen) atoms. The first-order valence-electron chi connectivity index (χ1n) is 7.60. The smallest absolute Gasteiger partial charge is 0.0712 e. The lowest BCUT2D eigenvalue weighted by Crippen LogP contribution is -1.95. The number of H-pyrrole nitrogens is 1. The van der Waals surface area contributed by atoms with Crippen LogP contribution in [-0.4, -0.2) is 10.7 Å². The highest BCUT2D eigenvalue weighted by molar-refractivity contribution is 6.34. The molecule has 0 aliphatic carbocycles. The van der Waals surface area contributed by atoms with E-state index in [1.165, 1.54) is 38.9 Å². The van der Waals surface area contributed by atoms with Gasteiger partial charge in [-0.2, -0.15) is 0 Å². The van der Waals surface area contributed by atoms with E-state index in [9.17, 15) is 0 Å². The summed E-state index contributed by atoms with van der Waals surface area (Å²) in [6.07, 6.45) is 0. The van der Waals surface area contributed by atoms with Gasteiger partial charge < -0.3 is 4.98 Å². The number of fused-ring (bicyclic) bond motifs is 2. The van der Waals surface area contributed by atoms with E-state index in [0.717, 1.165) is 11.4 Å². The number of allylic oxidation sites excluding steroid dienone is 2. The number of aryl methyl sites for hydroxylation is 1. The van der Waals surface area contributed by atoms with Crippen LogP contribution in [0.15, 0.2) is 53.5 Å². The van der Waals surface area contributed by atoms with Crippen molar-refractivity contribution in [2.24, 2.45) is 4.99 Å². The van der Waals surface area contributed by atoms with Crippen LogP contribution in [0.4, 0.5) is 5.69 Å². The van der Waals surface area contributed by atoms with Crippen molar-refractivity contribution < 1.29 is 0 Å². The molecule has 2 heteroatoms. The third kappa shape index (κ3) is 1.77. The second-order valence-corrected chi connectivity index (χ2v) is 5.88. The third-order valence-corrected chi connectivity index (χ3v) is 4.47. The predicted octanol–water partition coefficient (Wildman–Crippen LogP) is 5.51. The number of aliphatic imine (C=N–C) groups is 1. The van der Waals surface area contributed by atoms with Gasteiger partial charge in [0.15, 0.2) is 0 Å². The van der Waals surface area contributed by atoms with Crippen molar-refractivity contribution in [1.29, 1.82) is 0 Å². The fourth-order valence-electron chi connectivity index (χ4n) is 3.57. The van der Waals surface area contributed by atoms with Gasteiger partial charge >= 0.3 is 0 Å². The Kier molecular flexibility index (Phi) is 2.80. The molecule has 2 aromatic carbocycles. The standard InChI is InChI=1S/C20H18N2/c1-12(19-13(2)21-17-10-6-4-8-15(17)19)20-14(3)22-18-11-7-5-9-16(18)20/h4-11,21H,1-3H3/b20-12-. The molecular weight excluding hydrogens is 268 g/mol. The molecule has 2 heterocycles. The number of nitrogens with zero attached hydrogens (tertiary/aromatic N) is 1. The first-order chi connectivity index (χ1) is 10.7. The number of hydrogen-bond acceptors (Lipinski definition) is 1. The lowest BCUT2D eigenvalue weighted by Gasteiger charge is -2.09. The van der Waals surface area contributed by atoms with Gasteiger partial charge in [-0.3, -0.25) is 4.99 Å². The molecule has 0 spiro atoms. The number of aromatic amines is 1. The Hall–Kier alpha value is -2.61. The van der Waals surface area contributed by atoms with Crippen molar-refractivity contribution >= 4 is 33.4 Å². The van der Waals surface area contributed by atoms with Gasteiger partial charge in [-0.15, -0.1) is 0 Å². The molecule has 108 valence electrons. The van der Waals surface area contributed by atoms with Crippen LogP contribution < -0.4 is 0 Å². The monoisotopic (exact) mass is 286 g/mol. The average Bonchev–Trinajstić information content (AvgIpc) is 3.01. The minimum Gasteiger partial charge on any atom is -0.358 e. The Labute approximate surface area is 130 Å². The van der Waals surface area contributed by atoms with E-state index >= 15 is 0 Å². The van der Waals surface area contributed by atoms with Gasteiger partial charge in [0.25, 0.3) is 0 Å². The number of benzene rings is 2. The topological polar surface area (TPSA) is 28.1 Å². The van der Waals surface area contributed by atoms with Gasteiger partial charge in [0.2, 0.25) is 0 Å². The summed E-state index contributed by atoms with van der Waals surface area (Å²) in [7, 11) is 0. The zero-order valence-electron chi connectivity index (χ0n) is 13.1. The van der Waals surface area contributed by atoms with Crippen molar-refractivity contribution in [1.82, 2.24) is 4.98 Å². The highest BCUT2D eigenvalue weighted by Crippen LogP contribution is 2.41. The van der Waals surface area contributed by atoms with Gasteiger partial charge in [-0.05, 0) is 38.5 Å². The van der Waals surface area contributed by atoms with Crippen molar-refractivity contribution in [3.8, 4) is 0 Å². The zero-order valence-corrected chi connectivity index (χ0v) is 13.1. The van der Waals surface area contributed by atoms with E-state index in [1.54, 1.807) is 0 Å². The molecule has 1 aliphatic rings. The Balaban J connectivity index is 2.03. The lowest BCUT2D eigenvalue weighted by molar-refractivity contribution is 1.28. The summed E-state index contributed by atoms with van der Waals surface area (Å²) in [4.78, 5) is 8.22. The van der Waals surface area contributed by atoms with Crippen molar-refractivity contribution in [3.05, 3.63) is 65.4 Å². The normalized spacial score (nSPS) is 15.9. The first-order valence-corrected chi connectivity index (χ1v) is 7.60. The van der Waals surface area contributed by atoms with E-state index in [2.05, 4.69) is 68.2 Å². The van der Waals surface area contributed by atoms with Crippen molar-refractivity contribution in [2.45, 2.75) is 20.8 Å². The fraction of sp³-hybridized carbons (Fsp3) is 0.150. The van der Waals surface area contributed by atoms with Gasteiger partial charge in [0.05, 0.1) is 5.69 Å². The van der Waals surface area contributed by atoms with Gasteiger partial charge in [-0.25, -0.2) is 0 Å². The first kappa shape index (κ1) is 13.1. The molecule has 0 bridgehead atoms. The summed E-state index contributed by atoms with van der Waals surface area (Å²) < 4.78 is 0. The molecule has 1 aromatic heterocycles. The molecule has 0 amide bonds. The molecule has 2 nitrogen and oxygen atoms in total. The summed E-state index contributed by atoms with van der Waals surface area (Å²) in [6.45, 7) is 6.45. The minimum atomic E-state index is 1.08. The van der Waals surface area contributed by atoms with Crippen molar-refractivity contribution in [2.75, 3.05) is 0 Å². The second-order valence-electron chi connectivity index (χ2n) is 5.88. The van der Waals surface area contributed by atoms with E-state index < -0.39 is 0 Å². The molecule has 4 rings (SSSR count). The van der Waals surface area contributed by atoms with Crippen molar-refractivity contribution in [3.63, 3.8) is 0 Å². The van der Waals surface area contributed by atoms with Crippen LogP contribution >= 0.6 is 0 Å². The maximum absolute atomic E-state index is 4.72. The molecule has 1 aliphatic heterocycles. The minimum absolute atomic E-state index is 1.08. The van der Waals surface area contributed by atoms with Gasteiger partial charge in [-0.1, -0.05) is 36.4 Å². The van der Waals surface area contributed by atoms with Crippen LogP contribution in [0.3, 0.4) is 0 Å². The molecule has 1 N–H and O–H groups in total. The Morgan fingerprint density at radius 2 is 1.68 bits per heavy atom. The molecule has 0 fully saturated rings. The van der Waals surface area contributed by atoms with E-state index in [0.29, 0.717) is 0 Å². The maximum Gasteiger partial charge on any atom is 0.0712 e. The molecule has 0 radical (unpaired) electrons. The van der Waals surface area contributed by atoms with Crippen LogP contribution in [0.5, 0.6) is 0 Å². The van der Waals surface area contributed by atoms with Crippen LogP contribution in [0, 0.1) is 6.92 Å². The van der Waals surface area contributed by atoms with Crippen LogP contribution in [0.25, 0.3) is 22.0 Å². The Morgan fingerprint density at radius 1 is 0.955 bits per heavy atom. The maximum atomic E-state index is 4.72. The number of para-hydroxylation sites is 2. The molecule has 0 saturated carbocycles. The van der Waals surface area contributed by atoms with E-state index in [-0.39, 0.29) is 0 Å². The number of rotatable bonds is 1. The summed E-state index contributed by atoms with van der Waals surface area (Å²) in [5.74, 6) is 0. The molecule has 0 saturated heterocycles.